The third kappa shape index (κ3) is 2.99. The fraction of sp³-hybridized carbons (Fsp3) is 0.250. The van der Waals surface area contributed by atoms with Crippen molar-refractivity contribution in [2.24, 2.45) is 0 Å². The maximum absolute atomic E-state index is 13.4. The van der Waals surface area contributed by atoms with Crippen molar-refractivity contribution in [2.45, 2.75) is 12.5 Å². The topological polar surface area (TPSA) is 38.8 Å². The number of amides is 1. The maximum atomic E-state index is 13.4. The quantitative estimate of drug-likeness (QED) is 0.658. The first kappa shape index (κ1) is 17.1. The molecule has 0 spiro atoms. The predicted molar refractivity (Wildman–Crippen MR) is 105 cm³/mol. The molecule has 0 saturated carbocycles. The van der Waals surface area contributed by atoms with Crippen molar-refractivity contribution >= 4 is 28.6 Å². The van der Waals surface area contributed by atoms with Crippen LogP contribution < -0.4 is 9.47 Å². The van der Waals surface area contributed by atoms with E-state index in [2.05, 4.69) is 22.9 Å². The van der Waals surface area contributed by atoms with E-state index in [1.54, 1.807) is 55.1 Å². The van der Waals surface area contributed by atoms with Crippen molar-refractivity contribution in [3.63, 3.8) is 0 Å². The summed E-state index contributed by atoms with van der Waals surface area (Å²) in [5.41, 5.74) is 1.83. The summed E-state index contributed by atoms with van der Waals surface area (Å²) in [6.07, 6.45) is 0.891. The molecule has 0 N–H and O–H groups in total. The predicted octanol–water partition coefficient (Wildman–Crippen LogP) is 4.61. The zero-order valence-electron chi connectivity index (χ0n) is 14.6. The second-order valence-electron chi connectivity index (χ2n) is 6.07. The van der Waals surface area contributed by atoms with Gasteiger partial charge in [-0.1, -0.05) is 6.07 Å². The smallest absolute Gasteiger partial charge is 0.254 e. The first-order valence-corrected chi connectivity index (χ1v) is 10.1. The maximum Gasteiger partial charge on any atom is 0.254 e. The highest BCUT2D eigenvalue weighted by Crippen LogP contribution is 2.40. The second kappa shape index (κ2) is 7.13. The molecule has 1 aromatic carbocycles. The molecule has 4 nitrogen and oxygen atoms in total. The van der Waals surface area contributed by atoms with Crippen molar-refractivity contribution < 1.29 is 14.3 Å². The Hall–Kier alpha value is -2.31. The summed E-state index contributed by atoms with van der Waals surface area (Å²) in [5.74, 6) is 1.24. The largest absolute Gasteiger partial charge is 0.497 e. The number of benzene rings is 1. The van der Waals surface area contributed by atoms with Crippen molar-refractivity contribution in [1.82, 2.24) is 4.90 Å². The number of thiophene rings is 2. The number of hydrogen-bond acceptors (Lipinski definition) is 5. The van der Waals surface area contributed by atoms with Crippen molar-refractivity contribution in [3.05, 3.63) is 68.0 Å². The lowest BCUT2D eigenvalue weighted by Gasteiger charge is -2.35. The van der Waals surface area contributed by atoms with Gasteiger partial charge in [0.25, 0.3) is 5.91 Å². The number of fused-ring (bicyclic) bond motifs is 1. The zero-order chi connectivity index (χ0) is 18.1. The van der Waals surface area contributed by atoms with Crippen LogP contribution in [-0.2, 0) is 6.42 Å². The Morgan fingerprint density at radius 2 is 1.85 bits per heavy atom. The molecule has 1 amide bonds. The lowest BCUT2D eigenvalue weighted by atomic mass is 9.97. The van der Waals surface area contributed by atoms with Crippen LogP contribution in [0.4, 0.5) is 0 Å². The van der Waals surface area contributed by atoms with Gasteiger partial charge in [0.05, 0.1) is 20.3 Å². The fourth-order valence-electron chi connectivity index (χ4n) is 3.39. The van der Waals surface area contributed by atoms with Gasteiger partial charge in [0.15, 0.2) is 0 Å². The molecule has 0 bridgehead atoms. The number of carbonyl (C=O) groups is 1. The molecule has 3 heterocycles. The van der Waals surface area contributed by atoms with Gasteiger partial charge in [-0.15, -0.1) is 22.7 Å². The van der Waals surface area contributed by atoms with Crippen LogP contribution in [0.25, 0.3) is 0 Å². The minimum absolute atomic E-state index is 0.00236. The Morgan fingerprint density at radius 3 is 2.50 bits per heavy atom. The Morgan fingerprint density at radius 1 is 1.08 bits per heavy atom. The Balaban J connectivity index is 1.75. The third-order valence-corrected chi connectivity index (χ3v) is 6.56. The van der Waals surface area contributed by atoms with Gasteiger partial charge >= 0.3 is 0 Å². The highest BCUT2D eigenvalue weighted by atomic mass is 32.1. The molecule has 134 valence electrons. The standard InChI is InChI=1S/C20H19NO3S2/c1-23-14-10-13(11-15(12-14)24-2)20(22)21-7-5-17-16(6-9-26-17)19(21)18-4-3-8-25-18/h3-4,6,8-12,19H,5,7H2,1-2H3/t19-/m0/s1. The summed E-state index contributed by atoms with van der Waals surface area (Å²) < 4.78 is 10.7. The van der Waals surface area contributed by atoms with Gasteiger partial charge in [-0.05, 0) is 47.0 Å². The number of nitrogens with zero attached hydrogens (tertiary/aromatic N) is 1. The average molecular weight is 386 g/mol. The Bertz CT molecular complexity index is 895. The van der Waals surface area contributed by atoms with Crippen LogP contribution in [0.3, 0.4) is 0 Å². The highest BCUT2D eigenvalue weighted by Gasteiger charge is 2.34. The number of carbonyl (C=O) groups excluding carboxylic acids is 1. The van der Waals surface area contributed by atoms with E-state index in [1.807, 2.05) is 11.0 Å². The molecule has 6 heteroatoms. The lowest BCUT2D eigenvalue weighted by molar-refractivity contribution is 0.0698. The van der Waals surface area contributed by atoms with Crippen LogP contribution in [0.1, 0.15) is 31.7 Å². The van der Waals surface area contributed by atoms with Crippen LogP contribution in [0.15, 0.2) is 47.2 Å². The molecule has 0 fully saturated rings. The first-order valence-electron chi connectivity index (χ1n) is 8.35. The van der Waals surface area contributed by atoms with E-state index in [9.17, 15) is 4.79 Å². The minimum Gasteiger partial charge on any atom is -0.497 e. The number of methoxy groups -OCH3 is 2. The molecule has 26 heavy (non-hydrogen) atoms. The molecule has 1 atom stereocenters. The Labute approximate surface area is 160 Å². The molecule has 3 aromatic rings. The van der Waals surface area contributed by atoms with Gasteiger partial charge in [-0.2, -0.15) is 0 Å². The molecule has 0 aliphatic carbocycles. The Kier molecular flexibility index (Phi) is 4.70. The average Bonchev–Trinajstić information content (AvgIpc) is 3.37. The summed E-state index contributed by atoms with van der Waals surface area (Å²) in [7, 11) is 3.19. The summed E-state index contributed by atoms with van der Waals surface area (Å²) in [6.45, 7) is 0.703. The van der Waals surface area contributed by atoms with Crippen LogP contribution in [0, 0.1) is 0 Å². The van der Waals surface area contributed by atoms with Crippen LogP contribution >= 0.6 is 22.7 Å². The first-order chi connectivity index (χ1) is 12.7. The van der Waals surface area contributed by atoms with Gasteiger partial charge in [-0.3, -0.25) is 4.79 Å². The van der Waals surface area contributed by atoms with Gasteiger partial charge in [-0.25, -0.2) is 0 Å². The molecular formula is C20H19NO3S2. The van der Waals surface area contributed by atoms with E-state index in [0.29, 0.717) is 23.6 Å². The zero-order valence-corrected chi connectivity index (χ0v) is 16.2. The normalized spacial score (nSPS) is 16.2. The second-order valence-corrected chi connectivity index (χ2v) is 8.05. The summed E-state index contributed by atoms with van der Waals surface area (Å²) in [4.78, 5) is 17.9. The van der Waals surface area contributed by atoms with E-state index < -0.39 is 0 Å². The monoisotopic (exact) mass is 385 g/mol. The van der Waals surface area contributed by atoms with Crippen molar-refractivity contribution in [2.75, 3.05) is 20.8 Å². The fourth-order valence-corrected chi connectivity index (χ4v) is 5.14. The van der Waals surface area contributed by atoms with Gasteiger partial charge in [0, 0.05) is 27.9 Å². The van der Waals surface area contributed by atoms with Gasteiger partial charge in [0.1, 0.15) is 11.5 Å². The van der Waals surface area contributed by atoms with Gasteiger partial charge in [0.2, 0.25) is 0 Å². The summed E-state index contributed by atoms with van der Waals surface area (Å²) in [6, 6.07) is 11.6. The van der Waals surface area contributed by atoms with Crippen molar-refractivity contribution in [3.8, 4) is 11.5 Å². The van der Waals surface area contributed by atoms with E-state index >= 15 is 0 Å². The molecule has 2 aromatic heterocycles. The molecule has 1 aliphatic heterocycles. The summed E-state index contributed by atoms with van der Waals surface area (Å²) >= 11 is 3.46. The summed E-state index contributed by atoms with van der Waals surface area (Å²) in [5, 5.41) is 4.18. The minimum atomic E-state index is -0.0327. The van der Waals surface area contributed by atoms with E-state index in [1.165, 1.54) is 15.3 Å². The lowest BCUT2D eigenvalue weighted by Crippen LogP contribution is -2.39. The van der Waals surface area contributed by atoms with Gasteiger partial charge < -0.3 is 14.4 Å². The third-order valence-electron chi connectivity index (χ3n) is 4.64. The SMILES string of the molecule is COc1cc(OC)cc(C(=O)N2CCc3sccc3[C@H]2c2cccs2)c1. The molecule has 0 unspecified atom stereocenters. The molecule has 1 aliphatic rings. The number of hydrogen-bond donors (Lipinski definition) is 0. The molecule has 4 rings (SSSR count). The number of ether oxygens (including phenoxy) is 2. The van der Waals surface area contributed by atoms with Crippen LogP contribution in [0.2, 0.25) is 0 Å². The number of rotatable bonds is 4. The van der Waals surface area contributed by atoms with E-state index in [-0.39, 0.29) is 11.9 Å². The molecular weight excluding hydrogens is 366 g/mol. The van der Waals surface area contributed by atoms with E-state index in [0.717, 1.165) is 6.42 Å². The molecule has 0 radical (unpaired) electrons. The van der Waals surface area contributed by atoms with Crippen LogP contribution in [-0.4, -0.2) is 31.6 Å². The van der Waals surface area contributed by atoms with E-state index in [4.69, 9.17) is 9.47 Å². The van der Waals surface area contributed by atoms with Crippen LogP contribution in [0.5, 0.6) is 11.5 Å². The highest BCUT2D eigenvalue weighted by molar-refractivity contribution is 7.10. The molecule has 0 saturated heterocycles. The van der Waals surface area contributed by atoms with Crippen molar-refractivity contribution in [1.29, 1.82) is 0 Å².